The molecule has 18 heavy (non-hydrogen) atoms. The number of nitrogens with two attached hydrogens (primary N) is 1. The van der Waals surface area contributed by atoms with Crippen LogP contribution in [-0.4, -0.2) is 9.78 Å². The van der Waals surface area contributed by atoms with Crippen LogP contribution in [0.15, 0.2) is 27.4 Å². The Kier molecular flexibility index (Phi) is 4.24. The van der Waals surface area contributed by atoms with Crippen molar-refractivity contribution in [2.45, 2.75) is 39.3 Å². The Hall–Kier alpha value is -1.07. The summed E-state index contributed by atoms with van der Waals surface area (Å²) in [5.41, 5.74) is 8.41. The highest BCUT2D eigenvalue weighted by Gasteiger charge is 2.21. The van der Waals surface area contributed by atoms with Crippen LogP contribution >= 0.6 is 15.9 Å². The van der Waals surface area contributed by atoms with Crippen molar-refractivity contribution in [3.63, 3.8) is 0 Å². The molecule has 0 aliphatic heterocycles. The van der Waals surface area contributed by atoms with Crippen LogP contribution in [0.3, 0.4) is 0 Å². The summed E-state index contributed by atoms with van der Waals surface area (Å²) < 4.78 is 8.36. The van der Waals surface area contributed by atoms with Crippen molar-refractivity contribution in [1.29, 1.82) is 0 Å². The van der Waals surface area contributed by atoms with Crippen molar-refractivity contribution in [3.8, 4) is 0 Å². The van der Waals surface area contributed by atoms with Crippen molar-refractivity contribution in [1.82, 2.24) is 9.78 Å². The molecule has 0 saturated carbocycles. The molecule has 0 radical (unpaired) electrons. The molecule has 0 aliphatic rings. The van der Waals surface area contributed by atoms with Gasteiger partial charge < -0.3 is 10.2 Å². The van der Waals surface area contributed by atoms with Gasteiger partial charge in [-0.25, -0.2) is 0 Å². The van der Waals surface area contributed by atoms with Crippen LogP contribution in [0.25, 0.3) is 0 Å². The predicted molar refractivity (Wildman–Crippen MR) is 74.3 cm³/mol. The first-order valence-corrected chi connectivity index (χ1v) is 7.01. The number of halogens is 1. The highest BCUT2D eigenvalue weighted by molar-refractivity contribution is 9.10. The minimum Gasteiger partial charge on any atom is -0.469 e. The third-order valence-electron chi connectivity index (χ3n) is 3.00. The molecule has 1 atom stereocenters. The summed E-state index contributed by atoms with van der Waals surface area (Å²) in [6.45, 7) is 5.06. The standard InChI is InChI=1S/C13H18BrN3O/c1-3-6-17-13(10(14)8-16-17)12(15)9-5-7-18-11(9)4-2/h5,7-8,12H,3-4,6,15H2,1-2H3. The number of hydrogen-bond donors (Lipinski definition) is 1. The number of hydrogen-bond acceptors (Lipinski definition) is 3. The zero-order valence-corrected chi connectivity index (χ0v) is 12.3. The Morgan fingerprint density at radius 3 is 2.94 bits per heavy atom. The Labute approximate surface area is 115 Å². The van der Waals surface area contributed by atoms with E-state index >= 15 is 0 Å². The van der Waals surface area contributed by atoms with Crippen LogP contribution in [0.1, 0.15) is 43.3 Å². The second-order valence-corrected chi connectivity index (χ2v) is 5.09. The van der Waals surface area contributed by atoms with E-state index in [2.05, 4.69) is 34.9 Å². The lowest BCUT2D eigenvalue weighted by molar-refractivity contribution is 0.504. The van der Waals surface area contributed by atoms with Gasteiger partial charge in [-0.1, -0.05) is 13.8 Å². The van der Waals surface area contributed by atoms with Gasteiger partial charge in [0.25, 0.3) is 0 Å². The lowest BCUT2D eigenvalue weighted by atomic mass is 10.0. The van der Waals surface area contributed by atoms with Gasteiger partial charge in [0.05, 0.1) is 28.7 Å². The Balaban J connectivity index is 2.39. The van der Waals surface area contributed by atoms with E-state index < -0.39 is 0 Å². The summed E-state index contributed by atoms with van der Waals surface area (Å²) in [7, 11) is 0. The van der Waals surface area contributed by atoms with Crippen LogP contribution < -0.4 is 5.73 Å². The molecule has 0 bridgehead atoms. The van der Waals surface area contributed by atoms with Gasteiger partial charge in [0.1, 0.15) is 5.76 Å². The van der Waals surface area contributed by atoms with Crippen molar-refractivity contribution in [3.05, 3.63) is 40.0 Å². The number of aromatic nitrogens is 2. The first kappa shape index (κ1) is 13.4. The van der Waals surface area contributed by atoms with E-state index in [-0.39, 0.29) is 6.04 Å². The molecule has 2 N–H and O–H groups in total. The third-order valence-corrected chi connectivity index (χ3v) is 3.61. The normalized spacial score (nSPS) is 12.9. The molecule has 1 unspecified atom stereocenters. The monoisotopic (exact) mass is 311 g/mol. The largest absolute Gasteiger partial charge is 0.469 e. The summed E-state index contributed by atoms with van der Waals surface area (Å²) in [6, 6.07) is 1.74. The van der Waals surface area contributed by atoms with Gasteiger partial charge in [0.15, 0.2) is 0 Å². The SMILES string of the molecule is CCCn1ncc(Br)c1C(N)c1ccoc1CC. The van der Waals surface area contributed by atoms with E-state index in [9.17, 15) is 0 Å². The number of rotatable bonds is 5. The summed E-state index contributed by atoms with van der Waals surface area (Å²) >= 11 is 3.53. The minimum absolute atomic E-state index is 0.206. The molecule has 0 aliphatic carbocycles. The Morgan fingerprint density at radius 1 is 1.50 bits per heavy atom. The number of aryl methyl sites for hydroxylation is 2. The fraction of sp³-hybridized carbons (Fsp3) is 0.462. The highest BCUT2D eigenvalue weighted by atomic mass is 79.9. The van der Waals surface area contributed by atoms with Gasteiger partial charge >= 0.3 is 0 Å². The molecular formula is C13H18BrN3O. The maximum absolute atomic E-state index is 6.36. The van der Waals surface area contributed by atoms with Crippen molar-refractivity contribution >= 4 is 15.9 Å². The summed E-state index contributed by atoms with van der Waals surface area (Å²) in [5, 5.41) is 4.35. The molecule has 0 saturated heterocycles. The average Bonchev–Trinajstić information content (AvgIpc) is 2.96. The second kappa shape index (κ2) is 5.71. The van der Waals surface area contributed by atoms with Crippen LogP contribution in [0, 0.1) is 0 Å². The minimum atomic E-state index is -0.206. The van der Waals surface area contributed by atoms with Crippen molar-refractivity contribution < 1.29 is 4.42 Å². The van der Waals surface area contributed by atoms with Gasteiger partial charge in [-0.05, 0) is 28.4 Å². The molecule has 2 aromatic rings. The van der Waals surface area contributed by atoms with Crippen molar-refractivity contribution in [2.24, 2.45) is 5.73 Å². The average molecular weight is 312 g/mol. The van der Waals surface area contributed by atoms with Gasteiger partial charge in [0, 0.05) is 18.5 Å². The molecular weight excluding hydrogens is 294 g/mol. The van der Waals surface area contributed by atoms with E-state index in [0.29, 0.717) is 0 Å². The zero-order valence-electron chi connectivity index (χ0n) is 10.7. The molecule has 0 fully saturated rings. The van der Waals surface area contributed by atoms with Crippen LogP contribution in [0.5, 0.6) is 0 Å². The fourth-order valence-electron chi connectivity index (χ4n) is 2.13. The lowest BCUT2D eigenvalue weighted by Crippen LogP contribution is -2.18. The molecule has 0 aromatic carbocycles. The maximum atomic E-state index is 6.36. The zero-order chi connectivity index (χ0) is 13.1. The topological polar surface area (TPSA) is 57.0 Å². The predicted octanol–water partition coefficient (Wildman–Crippen LogP) is 3.26. The quantitative estimate of drug-likeness (QED) is 0.922. The van der Waals surface area contributed by atoms with E-state index in [1.807, 2.05) is 10.7 Å². The van der Waals surface area contributed by atoms with Crippen molar-refractivity contribution in [2.75, 3.05) is 0 Å². The lowest BCUT2D eigenvalue weighted by Gasteiger charge is -2.14. The van der Waals surface area contributed by atoms with E-state index in [4.69, 9.17) is 10.2 Å². The molecule has 5 heteroatoms. The van der Waals surface area contributed by atoms with Gasteiger partial charge in [0.2, 0.25) is 0 Å². The van der Waals surface area contributed by atoms with Crippen LogP contribution in [-0.2, 0) is 13.0 Å². The third kappa shape index (κ3) is 2.37. The fourth-order valence-corrected chi connectivity index (χ4v) is 2.68. The van der Waals surface area contributed by atoms with E-state index in [1.165, 1.54) is 0 Å². The molecule has 0 amide bonds. The van der Waals surface area contributed by atoms with E-state index in [0.717, 1.165) is 40.9 Å². The summed E-state index contributed by atoms with van der Waals surface area (Å²) in [4.78, 5) is 0. The van der Waals surface area contributed by atoms with Gasteiger partial charge in [-0.3, -0.25) is 4.68 Å². The molecule has 2 aromatic heterocycles. The Bertz CT molecular complexity index is 518. The number of furan rings is 1. The first-order valence-electron chi connectivity index (χ1n) is 6.22. The molecule has 4 nitrogen and oxygen atoms in total. The van der Waals surface area contributed by atoms with Gasteiger partial charge in [-0.2, -0.15) is 5.10 Å². The second-order valence-electron chi connectivity index (χ2n) is 4.23. The highest BCUT2D eigenvalue weighted by Crippen LogP contribution is 2.29. The number of nitrogens with zero attached hydrogens (tertiary/aromatic N) is 2. The summed E-state index contributed by atoms with van der Waals surface area (Å²) in [5.74, 6) is 0.943. The smallest absolute Gasteiger partial charge is 0.108 e. The molecule has 2 heterocycles. The Morgan fingerprint density at radius 2 is 2.28 bits per heavy atom. The molecule has 2 rings (SSSR count). The van der Waals surface area contributed by atoms with Crippen LogP contribution in [0.2, 0.25) is 0 Å². The van der Waals surface area contributed by atoms with Gasteiger partial charge in [-0.15, -0.1) is 0 Å². The molecule has 0 spiro atoms. The molecule has 98 valence electrons. The summed E-state index contributed by atoms with van der Waals surface area (Å²) in [6.07, 6.45) is 5.37. The van der Waals surface area contributed by atoms with E-state index in [1.54, 1.807) is 12.5 Å². The first-order chi connectivity index (χ1) is 8.69. The van der Waals surface area contributed by atoms with Crippen LogP contribution in [0.4, 0.5) is 0 Å². The maximum Gasteiger partial charge on any atom is 0.108 e.